The molecule has 0 saturated carbocycles. The van der Waals surface area contributed by atoms with E-state index in [2.05, 4.69) is 24.5 Å². The van der Waals surface area contributed by atoms with Gasteiger partial charge >= 0.3 is 0 Å². The van der Waals surface area contributed by atoms with Crippen molar-refractivity contribution < 1.29 is 9.72 Å². The van der Waals surface area contributed by atoms with Gasteiger partial charge in [0.1, 0.15) is 0 Å². The zero-order valence-electron chi connectivity index (χ0n) is 14.2. The van der Waals surface area contributed by atoms with Crippen molar-refractivity contribution in [1.29, 1.82) is 0 Å². The topological polar surface area (TPSA) is 84.3 Å². The molecule has 6 nitrogen and oxygen atoms in total. The van der Waals surface area contributed by atoms with Gasteiger partial charge in [0, 0.05) is 41.1 Å². The minimum absolute atomic E-state index is 0.0538. The second kappa shape index (κ2) is 9.08. The van der Waals surface area contributed by atoms with E-state index in [-0.39, 0.29) is 11.6 Å². The van der Waals surface area contributed by atoms with E-state index in [9.17, 15) is 14.9 Å². The van der Waals surface area contributed by atoms with E-state index >= 15 is 0 Å². The standard InChI is InChI=1S/C18H21N3O3S/c1-13(2)25-17-6-4-3-5-16(17)18(22)20-12-11-19-14-7-9-15(10-8-14)21(23)24/h3-10,13,19H,11-12H2,1-2H3,(H,20,22). The van der Waals surface area contributed by atoms with Gasteiger partial charge in [0.25, 0.3) is 11.6 Å². The van der Waals surface area contributed by atoms with Crippen LogP contribution in [0.4, 0.5) is 11.4 Å². The highest BCUT2D eigenvalue weighted by molar-refractivity contribution is 8.00. The average Bonchev–Trinajstić information content (AvgIpc) is 2.59. The van der Waals surface area contributed by atoms with Gasteiger partial charge in [-0.15, -0.1) is 11.8 Å². The quantitative estimate of drug-likeness (QED) is 0.323. The van der Waals surface area contributed by atoms with Crippen molar-refractivity contribution in [3.05, 3.63) is 64.2 Å². The van der Waals surface area contributed by atoms with Gasteiger partial charge in [-0.3, -0.25) is 14.9 Å². The summed E-state index contributed by atoms with van der Waals surface area (Å²) in [7, 11) is 0. The van der Waals surface area contributed by atoms with Crippen molar-refractivity contribution in [2.24, 2.45) is 0 Å². The SMILES string of the molecule is CC(C)Sc1ccccc1C(=O)NCCNc1ccc([N+](=O)[O-])cc1. The number of nitro benzene ring substituents is 1. The van der Waals surface area contributed by atoms with Gasteiger partial charge in [-0.25, -0.2) is 0 Å². The number of benzene rings is 2. The van der Waals surface area contributed by atoms with Crippen molar-refractivity contribution >= 4 is 29.0 Å². The van der Waals surface area contributed by atoms with Crippen LogP contribution in [0.2, 0.25) is 0 Å². The summed E-state index contributed by atoms with van der Waals surface area (Å²) in [6.45, 7) is 5.17. The molecule has 2 aromatic carbocycles. The molecule has 2 N–H and O–H groups in total. The zero-order chi connectivity index (χ0) is 18.2. The molecule has 0 aliphatic carbocycles. The second-order valence-corrected chi connectivity index (χ2v) is 7.27. The summed E-state index contributed by atoms with van der Waals surface area (Å²) in [6, 6.07) is 13.7. The molecule has 25 heavy (non-hydrogen) atoms. The first kappa shape index (κ1) is 18.8. The van der Waals surface area contributed by atoms with E-state index < -0.39 is 4.92 Å². The summed E-state index contributed by atoms with van der Waals surface area (Å²) in [5.41, 5.74) is 1.50. The van der Waals surface area contributed by atoms with Gasteiger partial charge in [0.2, 0.25) is 0 Å². The fourth-order valence-corrected chi connectivity index (χ4v) is 3.14. The number of rotatable bonds is 8. The lowest BCUT2D eigenvalue weighted by molar-refractivity contribution is -0.384. The molecule has 0 fully saturated rings. The van der Waals surface area contributed by atoms with Crippen LogP contribution < -0.4 is 10.6 Å². The molecule has 2 aromatic rings. The van der Waals surface area contributed by atoms with Crippen LogP contribution >= 0.6 is 11.8 Å². The predicted molar refractivity (Wildman–Crippen MR) is 101 cm³/mol. The molecule has 0 radical (unpaired) electrons. The zero-order valence-corrected chi connectivity index (χ0v) is 15.0. The maximum absolute atomic E-state index is 12.4. The van der Waals surface area contributed by atoms with Crippen LogP contribution in [-0.4, -0.2) is 29.2 Å². The lowest BCUT2D eigenvalue weighted by atomic mass is 10.2. The number of thioether (sulfide) groups is 1. The molecule has 0 spiro atoms. The summed E-state index contributed by atoms with van der Waals surface area (Å²) in [6.07, 6.45) is 0. The predicted octanol–water partition coefficient (Wildman–Crippen LogP) is 3.94. The van der Waals surface area contributed by atoms with Gasteiger partial charge in [0.15, 0.2) is 0 Å². The number of non-ortho nitro benzene ring substituents is 1. The Hall–Kier alpha value is -2.54. The third-order valence-corrected chi connectivity index (χ3v) is 4.39. The van der Waals surface area contributed by atoms with Crippen LogP contribution in [0.1, 0.15) is 24.2 Å². The third kappa shape index (κ3) is 5.79. The molecular weight excluding hydrogens is 338 g/mol. The number of nitrogens with one attached hydrogen (secondary N) is 2. The van der Waals surface area contributed by atoms with Gasteiger partial charge in [-0.2, -0.15) is 0 Å². The number of hydrogen-bond donors (Lipinski definition) is 2. The molecule has 0 saturated heterocycles. The number of carbonyl (C=O) groups excluding carboxylic acids is 1. The average molecular weight is 359 g/mol. The maximum Gasteiger partial charge on any atom is 0.269 e. The highest BCUT2D eigenvalue weighted by Crippen LogP contribution is 2.26. The number of anilines is 1. The van der Waals surface area contributed by atoms with Crippen molar-refractivity contribution in [2.75, 3.05) is 18.4 Å². The summed E-state index contributed by atoms with van der Waals surface area (Å²) in [5, 5.41) is 17.0. The lowest BCUT2D eigenvalue weighted by Crippen LogP contribution is -2.29. The first-order valence-electron chi connectivity index (χ1n) is 7.99. The molecular formula is C18H21N3O3S. The molecule has 0 aliphatic rings. The van der Waals surface area contributed by atoms with Crippen molar-refractivity contribution in [2.45, 2.75) is 24.0 Å². The Kier molecular flexibility index (Phi) is 6.82. The van der Waals surface area contributed by atoms with Gasteiger partial charge < -0.3 is 10.6 Å². The molecule has 132 valence electrons. The van der Waals surface area contributed by atoms with Crippen molar-refractivity contribution in [1.82, 2.24) is 5.32 Å². The van der Waals surface area contributed by atoms with Crippen LogP contribution in [-0.2, 0) is 0 Å². The third-order valence-electron chi connectivity index (χ3n) is 3.31. The summed E-state index contributed by atoms with van der Waals surface area (Å²) in [4.78, 5) is 23.5. The van der Waals surface area contributed by atoms with Gasteiger partial charge in [-0.1, -0.05) is 26.0 Å². The van der Waals surface area contributed by atoms with Crippen LogP contribution in [0.5, 0.6) is 0 Å². The summed E-state index contributed by atoms with van der Waals surface area (Å²) < 4.78 is 0. The molecule has 2 rings (SSSR count). The normalized spacial score (nSPS) is 10.5. The Labute approximate surface area is 151 Å². The van der Waals surface area contributed by atoms with E-state index in [1.54, 1.807) is 23.9 Å². The van der Waals surface area contributed by atoms with Gasteiger partial charge in [0.05, 0.1) is 10.5 Å². The fraction of sp³-hybridized carbons (Fsp3) is 0.278. The highest BCUT2D eigenvalue weighted by Gasteiger charge is 2.11. The number of hydrogen-bond acceptors (Lipinski definition) is 5. The molecule has 1 amide bonds. The van der Waals surface area contributed by atoms with Crippen LogP contribution in [0.15, 0.2) is 53.4 Å². The van der Waals surface area contributed by atoms with Crippen molar-refractivity contribution in [3.63, 3.8) is 0 Å². The smallest absolute Gasteiger partial charge is 0.269 e. The Morgan fingerprint density at radius 2 is 1.80 bits per heavy atom. The van der Waals surface area contributed by atoms with E-state index in [0.717, 1.165) is 10.6 Å². The molecule has 0 bridgehead atoms. The number of nitro groups is 1. The second-order valence-electron chi connectivity index (χ2n) is 5.65. The number of nitrogens with zero attached hydrogens (tertiary/aromatic N) is 1. The van der Waals surface area contributed by atoms with E-state index in [1.807, 2.05) is 24.3 Å². The molecule has 0 aromatic heterocycles. The summed E-state index contributed by atoms with van der Waals surface area (Å²) >= 11 is 1.66. The van der Waals surface area contributed by atoms with Crippen LogP contribution in [0, 0.1) is 10.1 Å². The first-order chi connectivity index (χ1) is 12.0. The fourth-order valence-electron chi connectivity index (χ4n) is 2.19. The Morgan fingerprint density at radius 1 is 1.12 bits per heavy atom. The highest BCUT2D eigenvalue weighted by atomic mass is 32.2. The minimum atomic E-state index is -0.434. The molecule has 7 heteroatoms. The molecule has 0 heterocycles. The first-order valence-corrected chi connectivity index (χ1v) is 8.87. The summed E-state index contributed by atoms with van der Waals surface area (Å²) in [5.74, 6) is -0.103. The lowest BCUT2D eigenvalue weighted by Gasteiger charge is -2.12. The maximum atomic E-state index is 12.4. The van der Waals surface area contributed by atoms with Crippen LogP contribution in [0.25, 0.3) is 0 Å². The molecule has 0 unspecified atom stereocenters. The van der Waals surface area contributed by atoms with Crippen molar-refractivity contribution in [3.8, 4) is 0 Å². The largest absolute Gasteiger partial charge is 0.383 e. The monoisotopic (exact) mass is 359 g/mol. The number of amides is 1. The Balaban J connectivity index is 1.83. The van der Waals surface area contributed by atoms with E-state index in [4.69, 9.17) is 0 Å². The van der Waals surface area contributed by atoms with Gasteiger partial charge in [-0.05, 0) is 24.3 Å². The molecule has 0 aliphatic heterocycles. The Morgan fingerprint density at radius 3 is 2.44 bits per heavy atom. The van der Waals surface area contributed by atoms with E-state index in [0.29, 0.717) is 23.9 Å². The van der Waals surface area contributed by atoms with Crippen LogP contribution in [0.3, 0.4) is 0 Å². The Bertz CT molecular complexity index is 733. The van der Waals surface area contributed by atoms with E-state index in [1.165, 1.54) is 12.1 Å². The molecule has 0 atom stereocenters. The number of carbonyl (C=O) groups is 1. The minimum Gasteiger partial charge on any atom is -0.383 e.